The zero-order valence-corrected chi connectivity index (χ0v) is 18.4. The molecule has 2 aliphatic heterocycles. The van der Waals surface area contributed by atoms with Crippen molar-refractivity contribution in [3.05, 3.63) is 50.1 Å². The Balaban J connectivity index is 1.78. The van der Waals surface area contributed by atoms with Crippen molar-refractivity contribution in [2.24, 2.45) is 0 Å². The van der Waals surface area contributed by atoms with Gasteiger partial charge in [0.1, 0.15) is 4.83 Å². The van der Waals surface area contributed by atoms with Crippen LogP contribution in [-0.4, -0.2) is 40.6 Å². The van der Waals surface area contributed by atoms with Crippen LogP contribution < -0.4 is 10.5 Å². The summed E-state index contributed by atoms with van der Waals surface area (Å²) in [5.74, 6) is 0.768. The number of halogens is 1. The summed E-state index contributed by atoms with van der Waals surface area (Å²) in [7, 11) is 2.13. The second-order valence-corrected chi connectivity index (χ2v) is 9.76. The molecule has 4 heterocycles. The van der Waals surface area contributed by atoms with Gasteiger partial charge in [-0.05, 0) is 69.5 Å². The molecule has 29 heavy (non-hydrogen) atoms. The topological polar surface area (TPSA) is 41.4 Å². The molecule has 0 bridgehead atoms. The summed E-state index contributed by atoms with van der Waals surface area (Å²) in [6, 6.07) is 7.89. The molecule has 1 atom stereocenters. The largest absolute Gasteiger partial charge is 0.339 e. The Labute approximate surface area is 179 Å². The van der Waals surface area contributed by atoms with Crippen LogP contribution in [0.4, 0.5) is 5.95 Å². The monoisotopic (exact) mass is 428 g/mol. The third-order valence-corrected chi connectivity index (χ3v) is 7.55. The van der Waals surface area contributed by atoms with Gasteiger partial charge in [0, 0.05) is 35.6 Å². The zero-order valence-electron chi connectivity index (χ0n) is 16.8. The van der Waals surface area contributed by atoms with E-state index in [1.165, 1.54) is 16.9 Å². The number of hydrogen-bond donors (Lipinski definition) is 0. The minimum absolute atomic E-state index is 0.0483. The average molecular weight is 429 g/mol. The summed E-state index contributed by atoms with van der Waals surface area (Å²) in [4.78, 5) is 25.7. The van der Waals surface area contributed by atoms with Crippen LogP contribution in [0.2, 0.25) is 5.02 Å². The van der Waals surface area contributed by atoms with Gasteiger partial charge in [-0.15, -0.1) is 11.3 Å². The van der Waals surface area contributed by atoms with Gasteiger partial charge in [-0.2, -0.15) is 0 Å². The van der Waals surface area contributed by atoms with Crippen LogP contribution in [0.5, 0.6) is 0 Å². The van der Waals surface area contributed by atoms with E-state index in [1.807, 2.05) is 28.8 Å². The van der Waals surface area contributed by atoms with Crippen molar-refractivity contribution in [2.45, 2.75) is 45.2 Å². The van der Waals surface area contributed by atoms with E-state index in [0.717, 1.165) is 60.7 Å². The van der Waals surface area contributed by atoms with Gasteiger partial charge in [0.05, 0.1) is 11.1 Å². The van der Waals surface area contributed by atoms with Crippen molar-refractivity contribution >= 4 is 39.1 Å². The Hall–Kier alpha value is -1.89. The van der Waals surface area contributed by atoms with Crippen molar-refractivity contribution in [3.63, 3.8) is 0 Å². The lowest BCUT2D eigenvalue weighted by molar-refractivity contribution is 0.318. The van der Waals surface area contributed by atoms with Crippen LogP contribution in [0, 0.1) is 0 Å². The van der Waals surface area contributed by atoms with Crippen molar-refractivity contribution in [3.8, 4) is 5.69 Å². The highest BCUT2D eigenvalue weighted by Crippen LogP contribution is 2.35. The van der Waals surface area contributed by atoms with E-state index >= 15 is 0 Å². The average Bonchev–Trinajstić information content (AvgIpc) is 3.07. The zero-order chi connectivity index (χ0) is 20.1. The molecule has 0 aliphatic carbocycles. The summed E-state index contributed by atoms with van der Waals surface area (Å²) in [5, 5.41) is 1.47. The quantitative estimate of drug-likeness (QED) is 0.604. The molecule has 0 saturated carbocycles. The molecule has 1 aromatic carbocycles. The number of anilines is 1. The van der Waals surface area contributed by atoms with Gasteiger partial charge in [-0.3, -0.25) is 4.79 Å². The van der Waals surface area contributed by atoms with Gasteiger partial charge in [-0.25, -0.2) is 9.55 Å². The minimum Gasteiger partial charge on any atom is -0.339 e. The number of aromatic nitrogens is 2. The molecule has 2 aliphatic rings. The number of likely N-dealkylation sites (N-methyl/N-ethyl adjacent to an activating group) is 1. The lowest BCUT2D eigenvalue weighted by Gasteiger charge is -2.35. The molecule has 2 aromatic heterocycles. The molecule has 0 amide bonds. The second-order valence-electron chi connectivity index (χ2n) is 8.24. The number of thiophene rings is 1. The Morgan fingerprint density at radius 2 is 1.97 bits per heavy atom. The Morgan fingerprint density at radius 1 is 1.17 bits per heavy atom. The summed E-state index contributed by atoms with van der Waals surface area (Å²) >= 11 is 7.81. The molecule has 7 heteroatoms. The van der Waals surface area contributed by atoms with Gasteiger partial charge in [0.25, 0.3) is 5.56 Å². The number of fused-ring (bicyclic) bond motifs is 3. The highest BCUT2D eigenvalue weighted by Gasteiger charge is 2.28. The third kappa shape index (κ3) is 3.27. The molecule has 1 fully saturated rings. The fourth-order valence-electron chi connectivity index (χ4n) is 4.57. The summed E-state index contributed by atoms with van der Waals surface area (Å²) in [5.41, 5.74) is 2.07. The van der Waals surface area contributed by atoms with Gasteiger partial charge >= 0.3 is 0 Å². The fraction of sp³-hybridized carbons (Fsp3) is 0.455. The molecule has 1 unspecified atom stereocenters. The van der Waals surface area contributed by atoms with E-state index in [4.69, 9.17) is 16.6 Å². The Bertz CT molecular complexity index is 1120. The van der Waals surface area contributed by atoms with Gasteiger partial charge in [0.15, 0.2) is 0 Å². The normalized spacial score (nSPS) is 20.2. The number of nitrogens with zero attached hydrogens (tertiary/aromatic N) is 4. The van der Waals surface area contributed by atoms with Crippen LogP contribution in [0.25, 0.3) is 15.9 Å². The van der Waals surface area contributed by atoms with Crippen molar-refractivity contribution in [1.29, 1.82) is 0 Å². The van der Waals surface area contributed by atoms with E-state index in [9.17, 15) is 4.79 Å². The summed E-state index contributed by atoms with van der Waals surface area (Å²) in [6.45, 7) is 5.03. The van der Waals surface area contributed by atoms with Crippen LogP contribution in [-0.2, 0) is 13.0 Å². The maximum atomic E-state index is 13.9. The first-order valence-corrected chi connectivity index (χ1v) is 11.5. The molecule has 3 aromatic rings. The lowest BCUT2D eigenvalue weighted by Crippen LogP contribution is -2.41. The third-order valence-electron chi connectivity index (χ3n) is 6.19. The van der Waals surface area contributed by atoms with E-state index < -0.39 is 0 Å². The maximum absolute atomic E-state index is 13.9. The standard InChI is InChI=1S/C22H25ClN4OS/c1-14-5-3-4-11-26(14)22-24-20-19(17-10-12-25(2)13-18(17)29-20)21(28)27(22)16-8-6-15(23)7-9-16/h6-9,14H,3-5,10-13H2,1-2H3. The summed E-state index contributed by atoms with van der Waals surface area (Å²) < 4.78 is 1.81. The van der Waals surface area contributed by atoms with E-state index in [2.05, 4.69) is 23.8 Å². The van der Waals surface area contributed by atoms with Gasteiger partial charge in [0.2, 0.25) is 5.95 Å². The molecule has 0 N–H and O–H groups in total. The second kappa shape index (κ2) is 7.42. The van der Waals surface area contributed by atoms with Crippen LogP contribution in [0.3, 0.4) is 0 Å². The number of hydrogen-bond acceptors (Lipinski definition) is 5. The molecule has 1 saturated heterocycles. The molecule has 5 rings (SSSR count). The highest BCUT2D eigenvalue weighted by atomic mass is 35.5. The van der Waals surface area contributed by atoms with Gasteiger partial charge in [-0.1, -0.05) is 11.6 Å². The maximum Gasteiger partial charge on any atom is 0.268 e. The molecule has 0 radical (unpaired) electrons. The first kappa shape index (κ1) is 19.1. The van der Waals surface area contributed by atoms with Crippen molar-refractivity contribution in [2.75, 3.05) is 25.0 Å². The molecule has 0 spiro atoms. The van der Waals surface area contributed by atoms with E-state index in [-0.39, 0.29) is 5.56 Å². The van der Waals surface area contributed by atoms with Crippen molar-refractivity contribution in [1.82, 2.24) is 14.5 Å². The lowest BCUT2D eigenvalue weighted by atomic mass is 10.0. The Morgan fingerprint density at radius 3 is 2.72 bits per heavy atom. The van der Waals surface area contributed by atoms with Crippen LogP contribution in [0.1, 0.15) is 36.6 Å². The predicted molar refractivity (Wildman–Crippen MR) is 121 cm³/mol. The number of rotatable bonds is 2. The molecule has 152 valence electrons. The molecular weight excluding hydrogens is 404 g/mol. The number of piperidine rings is 1. The Kier molecular flexibility index (Phi) is 4.88. The SMILES string of the molecule is CC1CCCCN1c1nc2sc3c(c2c(=O)n1-c1ccc(Cl)cc1)CCN(C)C3. The molecular formula is C22H25ClN4OS. The van der Waals surface area contributed by atoms with Gasteiger partial charge < -0.3 is 9.80 Å². The first-order valence-electron chi connectivity index (χ1n) is 10.3. The summed E-state index contributed by atoms with van der Waals surface area (Å²) in [6.07, 6.45) is 4.39. The van der Waals surface area contributed by atoms with E-state index in [0.29, 0.717) is 11.1 Å². The smallest absolute Gasteiger partial charge is 0.268 e. The first-order chi connectivity index (χ1) is 14.0. The highest BCUT2D eigenvalue weighted by molar-refractivity contribution is 7.18. The van der Waals surface area contributed by atoms with E-state index in [1.54, 1.807) is 11.3 Å². The predicted octanol–water partition coefficient (Wildman–Crippen LogP) is 4.47. The van der Waals surface area contributed by atoms with Crippen molar-refractivity contribution < 1.29 is 0 Å². The van der Waals surface area contributed by atoms with Crippen LogP contribution in [0.15, 0.2) is 29.1 Å². The number of benzene rings is 1. The molecule has 5 nitrogen and oxygen atoms in total. The fourth-order valence-corrected chi connectivity index (χ4v) is 5.98. The van der Waals surface area contributed by atoms with Crippen LogP contribution >= 0.6 is 22.9 Å². The minimum atomic E-state index is 0.0483.